The Morgan fingerprint density at radius 1 is 1.32 bits per heavy atom. The first-order valence-corrected chi connectivity index (χ1v) is 5.70. The monoisotopic (exact) mass is 270 g/mol. The molecular weight excluding hydrogens is 257 g/mol. The van der Waals surface area contributed by atoms with E-state index in [1.807, 2.05) is 18.2 Å². The van der Waals surface area contributed by atoms with Gasteiger partial charge in [0.15, 0.2) is 6.10 Å². The lowest BCUT2D eigenvalue weighted by Crippen LogP contribution is -2.28. The number of pyridine rings is 1. The predicted molar refractivity (Wildman–Crippen MR) is 66.5 cm³/mol. The van der Waals surface area contributed by atoms with E-state index in [0.717, 1.165) is 12.3 Å². The first-order valence-electron chi connectivity index (χ1n) is 5.70. The third-order valence-corrected chi connectivity index (χ3v) is 2.79. The summed E-state index contributed by atoms with van der Waals surface area (Å²) in [7, 11) is 0. The van der Waals surface area contributed by atoms with Crippen LogP contribution in [0.15, 0.2) is 30.3 Å². The van der Waals surface area contributed by atoms with Crippen molar-refractivity contribution in [2.24, 2.45) is 0 Å². The number of nitrogens with two attached hydrogens (primary N) is 1. The van der Waals surface area contributed by atoms with E-state index in [0.29, 0.717) is 11.1 Å². The first kappa shape index (κ1) is 13.6. The van der Waals surface area contributed by atoms with E-state index < -0.39 is 12.3 Å². The van der Waals surface area contributed by atoms with Gasteiger partial charge < -0.3 is 10.5 Å². The molecule has 0 aliphatic heterocycles. The van der Waals surface area contributed by atoms with Crippen molar-refractivity contribution in [3.8, 4) is 0 Å². The van der Waals surface area contributed by atoms with E-state index in [2.05, 4.69) is 4.98 Å². The molecule has 0 fully saturated rings. The fourth-order valence-electron chi connectivity index (χ4n) is 1.60. The van der Waals surface area contributed by atoms with E-state index in [9.17, 15) is 13.2 Å². The normalized spacial score (nSPS) is 13.7. The molecule has 0 saturated heterocycles. The largest absolute Gasteiger partial charge is 0.414 e. The number of para-hydroxylation sites is 1. The van der Waals surface area contributed by atoms with E-state index in [-0.39, 0.29) is 12.4 Å². The lowest BCUT2D eigenvalue weighted by atomic mass is 10.1. The maximum Gasteiger partial charge on any atom is 0.414 e. The van der Waals surface area contributed by atoms with Crippen LogP contribution in [0.2, 0.25) is 0 Å². The lowest BCUT2D eigenvalue weighted by molar-refractivity contribution is -0.217. The molecule has 3 nitrogen and oxygen atoms in total. The Kier molecular flexibility index (Phi) is 3.61. The number of ether oxygens (including phenoxy) is 1. The minimum absolute atomic E-state index is 0.188. The third kappa shape index (κ3) is 3.14. The molecule has 0 aliphatic carbocycles. The minimum Gasteiger partial charge on any atom is -0.383 e. The lowest BCUT2D eigenvalue weighted by Gasteiger charge is -2.17. The molecule has 1 atom stereocenters. The Balaban J connectivity index is 2.19. The van der Waals surface area contributed by atoms with Crippen molar-refractivity contribution >= 4 is 16.7 Å². The van der Waals surface area contributed by atoms with Gasteiger partial charge in [-0.25, -0.2) is 4.98 Å². The zero-order chi connectivity index (χ0) is 14.0. The van der Waals surface area contributed by atoms with Crippen molar-refractivity contribution in [3.05, 3.63) is 35.9 Å². The summed E-state index contributed by atoms with van der Waals surface area (Å²) in [6.07, 6.45) is -6.21. The predicted octanol–water partition coefficient (Wildman–Crippen LogP) is 3.28. The molecule has 102 valence electrons. The second-order valence-electron chi connectivity index (χ2n) is 4.22. The van der Waals surface area contributed by atoms with Crippen LogP contribution in [0.25, 0.3) is 10.9 Å². The number of fused-ring (bicyclic) bond motifs is 1. The van der Waals surface area contributed by atoms with Gasteiger partial charge in [-0.15, -0.1) is 0 Å². The van der Waals surface area contributed by atoms with Crippen molar-refractivity contribution in [2.75, 3.05) is 5.73 Å². The number of rotatable bonds is 3. The average Bonchev–Trinajstić information content (AvgIpc) is 2.34. The van der Waals surface area contributed by atoms with Crippen LogP contribution in [0.5, 0.6) is 0 Å². The van der Waals surface area contributed by atoms with Gasteiger partial charge in [0.25, 0.3) is 0 Å². The maximum absolute atomic E-state index is 12.3. The molecule has 2 aromatic rings. The van der Waals surface area contributed by atoms with E-state index in [1.165, 1.54) is 0 Å². The average molecular weight is 270 g/mol. The summed E-state index contributed by atoms with van der Waals surface area (Å²) in [4.78, 5) is 4.13. The number of nitrogens with zero attached hydrogens (tertiary/aromatic N) is 1. The van der Waals surface area contributed by atoms with Crippen LogP contribution in [0.1, 0.15) is 12.5 Å². The highest BCUT2D eigenvalue weighted by molar-refractivity contribution is 5.81. The summed E-state index contributed by atoms with van der Waals surface area (Å²) in [5.41, 5.74) is 6.86. The fraction of sp³-hybridized carbons (Fsp3) is 0.308. The second kappa shape index (κ2) is 5.05. The number of aromatic nitrogens is 1. The maximum atomic E-state index is 12.3. The van der Waals surface area contributed by atoms with Gasteiger partial charge in [0.2, 0.25) is 0 Å². The Morgan fingerprint density at radius 3 is 2.68 bits per heavy atom. The number of hydrogen-bond acceptors (Lipinski definition) is 3. The second-order valence-corrected chi connectivity index (χ2v) is 4.22. The molecule has 1 aromatic carbocycles. The third-order valence-electron chi connectivity index (χ3n) is 2.79. The fourth-order valence-corrected chi connectivity index (χ4v) is 1.60. The van der Waals surface area contributed by atoms with E-state index in [4.69, 9.17) is 10.5 Å². The Bertz CT molecular complexity index is 584. The van der Waals surface area contributed by atoms with Gasteiger partial charge in [0, 0.05) is 10.9 Å². The molecule has 2 N–H and O–H groups in total. The SMILES string of the molecule is CC(OCc1cc2ccccc2nc1N)C(F)(F)F. The molecular formula is C13H13F3N2O. The van der Waals surface area contributed by atoms with Gasteiger partial charge in [0.05, 0.1) is 12.1 Å². The van der Waals surface area contributed by atoms with Crippen LogP contribution in [-0.4, -0.2) is 17.3 Å². The van der Waals surface area contributed by atoms with Crippen LogP contribution in [0.3, 0.4) is 0 Å². The highest BCUT2D eigenvalue weighted by atomic mass is 19.4. The van der Waals surface area contributed by atoms with Crippen molar-refractivity contribution in [1.29, 1.82) is 0 Å². The summed E-state index contributed by atoms with van der Waals surface area (Å²) < 4.78 is 41.8. The van der Waals surface area contributed by atoms with Crippen LogP contribution in [-0.2, 0) is 11.3 Å². The molecule has 6 heteroatoms. The van der Waals surface area contributed by atoms with Crippen LogP contribution < -0.4 is 5.73 Å². The van der Waals surface area contributed by atoms with Gasteiger partial charge >= 0.3 is 6.18 Å². The van der Waals surface area contributed by atoms with E-state index in [1.54, 1.807) is 12.1 Å². The van der Waals surface area contributed by atoms with Gasteiger partial charge in [-0.2, -0.15) is 13.2 Å². The van der Waals surface area contributed by atoms with Crippen LogP contribution in [0.4, 0.5) is 19.0 Å². The summed E-state index contributed by atoms with van der Waals surface area (Å²) in [6, 6.07) is 8.94. The summed E-state index contributed by atoms with van der Waals surface area (Å²) in [5.74, 6) is 0.188. The molecule has 0 radical (unpaired) electrons. The van der Waals surface area contributed by atoms with Gasteiger partial charge in [-0.05, 0) is 19.1 Å². The summed E-state index contributed by atoms with van der Waals surface area (Å²) in [6.45, 7) is 0.745. The quantitative estimate of drug-likeness (QED) is 0.931. The van der Waals surface area contributed by atoms with Gasteiger partial charge in [-0.1, -0.05) is 18.2 Å². The summed E-state index contributed by atoms with van der Waals surface area (Å²) >= 11 is 0. The number of hydrogen-bond donors (Lipinski definition) is 1. The molecule has 1 unspecified atom stereocenters. The molecule has 0 amide bonds. The minimum atomic E-state index is -4.38. The van der Waals surface area contributed by atoms with Crippen molar-refractivity contribution in [3.63, 3.8) is 0 Å². The number of halogens is 3. The summed E-state index contributed by atoms with van der Waals surface area (Å²) in [5, 5.41) is 0.815. The Labute approximate surface area is 108 Å². The van der Waals surface area contributed by atoms with Crippen LogP contribution in [0, 0.1) is 0 Å². The standard InChI is InChI=1S/C13H13F3N2O/c1-8(13(14,15)16)19-7-10-6-9-4-2-3-5-11(9)18-12(10)17/h2-6,8H,7H2,1H3,(H2,17,18). The molecule has 0 spiro atoms. The number of alkyl halides is 3. The highest BCUT2D eigenvalue weighted by Gasteiger charge is 2.36. The van der Waals surface area contributed by atoms with Crippen molar-refractivity contribution < 1.29 is 17.9 Å². The van der Waals surface area contributed by atoms with Gasteiger partial charge in [-0.3, -0.25) is 0 Å². The van der Waals surface area contributed by atoms with Gasteiger partial charge in [0.1, 0.15) is 5.82 Å². The Morgan fingerprint density at radius 2 is 2.00 bits per heavy atom. The first-order chi connectivity index (χ1) is 8.88. The highest BCUT2D eigenvalue weighted by Crippen LogP contribution is 2.25. The zero-order valence-electron chi connectivity index (χ0n) is 10.2. The molecule has 0 saturated carbocycles. The molecule has 1 aromatic heterocycles. The topological polar surface area (TPSA) is 48.1 Å². The molecule has 1 heterocycles. The van der Waals surface area contributed by atoms with Crippen molar-refractivity contribution in [2.45, 2.75) is 25.8 Å². The number of nitrogen functional groups attached to an aromatic ring is 1. The zero-order valence-corrected chi connectivity index (χ0v) is 10.2. The molecule has 0 bridgehead atoms. The molecule has 0 aliphatic rings. The van der Waals surface area contributed by atoms with Crippen molar-refractivity contribution in [1.82, 2.24) is 4.98 Å². The Hall–Kier alpha value is -1.82. The number of benzene rings is 1. The smallest absolute Gasteiger partial charge is 0.383 e. The molecule has 2 rings (SSSR count). The van der Waals surface area contributed by atoms with Crippen LogP contribution >= 0.6 is 0 Å². The number of anilines is 1. The van der Waals surface area contributed by atoms with E-state index >= 15 is 0 Å². The molecule has 19 heavy (non-hydrogen) atoms.